The lowest BCUT2D eigenvalue weighted by Gasteiger charge is -2.10. The summed E-state index contributed by atoms with van der Waals surface area (Å²) in [7, 11) is -3.46. The van der Waals surface area contributed by atoms with Gasteiger partial charge in [-0.25, -0.2) is 8.42 Å². The molecule has 19 heavy (non-hydrogen) atoms. The molecule has 2 N–H and O–H groups in total. The van der Waals surface area contributed by atoms with Gasteiger partial charge in [0.1, 0.15) is 0 Å². The van der Waals surface area contributed by atoms with Gasteiger partial charge in [-0.05, 0) is 12.5 Å². The third kappa shape index (κ3) is 4.88. The van der Waals surface area contributed by atoms with Crippen molar-refractivity contribution in [1.29, 1.82) is 0 Å². The van der Waals surface area contributed by atoms with Gasteiger partial charge in [-0.1, -0.05) is 28.9 Å². The van der Waals surface area contributed by atoms with E-state index in [4.69, 9.17) is 5.73 Å². The molecule has 106 valence electrons. The smallest absolute Gasteiger partial charge is 0.274 e. The van der Waals surface area contributed by atoms with Crippen molar-refractivity contribution >= 4 is 31.5 Å². The van der Waals surface area contributed by atoms with Crippen LogP contribution < -0.4 is 5.73 Å². The Labute approximate surface area is 120 Å². The van der Waals surface area contributed by atoms with E-state index in [1.54, 1.807) is 13.0 Å². The summed E-state index contributed by atoms with van der Waals surface area (Å²) in [6.07, 6.45) is 0.543. The number of sulfone groups is 1. The van der Waals surface area contributed by atoms with Crippen LogP contribution in [0.2, 0.25) is 0 Å². The van der Waals surface area contributed by atoms with E-state index < -0.39 is 20.8 Å². The van der Waals surface area contributed by atoms with Gasteiger partial charge in [-0.3, -0.25) is 10.1 Å². The summed E-state index contributed by atoms with van der Waals surface area (Å²) in [5.74, 6) is -0.541. The van der Waals surface area contributed by atoms with Gasteiger partial charge in [0.05, 0.1) is 16.4 Å². The lowest BCUT2D eigenvalue weighted by atomic mass is 10.2. The predicted molar refractivity (Wildman–Crippen MR) is 76.6 cm³/mol. The van der Waals surface area contributed by atoms with Crippen LogP contribution >= 0.6 is 15.9 Å². The zero-order valence-corrected chi connectivity index (χ0v) is 12.8. The highest BCUT2D eigenvalue weighted by Gasteiger charge is 2.22. The van der Waals surface area contributed by atoms with Crippen molar-refractivity contribution in [2.45, 2.75) is 25.1 Å². The fraction of sp³-hybridized carbons (Fsp3) is 0.455. The number of hydrogen-bond donors (Lipinski definition) is 1. The molecule has 0 amide bonds. The van der Waals surface area contributed by atoms with Crippen LogP contribution in [0, 0.1) is 10.1 Å². The highest BCUT2D eigenvalue weighted by molar-refractivity contribution is 9.10. The Hall–Kier alpha value is -0.990. The summed E-state index contributed by atoms with van der Waals surface area (Å²) in [6.45, 7) is 1.79. The van der Waals surface area contributed by atoms with Gasteiger partial charge >= 0.3 is 0 Å². The molecule has 8 heteroatoms. The van der Waals surface area contributed by atoms with Crippen molar-refractivity contribution in [2.75, 3.05) is 5.75 Å². The molecule has 0 spiro atoms. The molecule has 0 aromatic heterocycles. The predicted octanol–water partition coefficient (Wildman–Crippen LogP) is 2.01. The fourth-order valence-corrected chi connectivity index (χ4v) is 3.64. The van der Waals surface area contributed by atoms with Gasteiger partial charge in [-0.15, -0.1) is 0 Å². The first-order valence-corrected chi connectivity index (χ1v) is 8.25. The molecule has 0 fully saturated rings. The summed E-state index contributed by atoms with van der Waals surface area (Å²) >= 11 is 3.12. The molecule has 0 aliphatic carbocycles. The Morgan fingerprint density at radius 1 is 1.47 bits per heavy atom. The third-order valence-electron chi connectivity index (χ3n) is 2.61. The standard InChI is InChI=1S/C11H15BrN2O4S/c1-2-10(13)7-19(17,18)6-8-3-4-9(12)5-11(8)14(15)16/h3-5,10H,2,6-7,13H2,1H3. The second-order valence-electron chi connectivity index (χ2n) is 4.25. The summed E-state index contributed by atoms with van der Waals surface area (Å²) in [4.78, 5) is 10.3. The van der Waals surface area contributed by atoms with Crippen LogP contribution in [0.1, 0.15) is 18.9 Å². The second-order valence-corrected chi connectivity index (χ2v) is 7.28. The number of halogens is 1. The van der Waals surface area contributed by atoms with Gasteiger partial charge in [-0.2, -0.15) is 0 Å². The maximum absolute atomic E-state index is 11.9. The molecular formula is C11H15BrN2O4S. The van der Waals surface area contributed by atoms with Gasteiger partial charge in [0.25, 0.3) is 5.69 Å². The zero-order valence-electron chi connectivity index (χ0n) is 10.4. The summed E-state index contributed by atoms with van der Waals surface area (Å²) in [6, 6.07) is 3.87. The Balaban J connectivity index is 3.02. The van der Waals surface area contributed by atoms with Gasteiger partial charge in [0.15, 0.2) is 9.84 Å². The molecule has 1 aromatic rings. The van der Waals surface area contributed by atoms with E-state index >= 15 is 0 Å². The van der Waals surface area contributed by atoms with Crippen LogP contribution in [-0.4, -0.2) is 25.1 Å². The molecule has 0 saturated carbocycles. The monoisotopic (exact) mass is 350 g/mol. The molecule has 0 aliphatic heterocycles. The number of nitrogens with two attached hydrogens (primary N) is 1. The molecule has 0 heterocycles. The highest BCUT2D eigenvalue weighted by Crippen LogP contribution is 2.25. The first kappa shape index (κ1) is 16.1. The third-order valence-corrected chi connectivity index (χ3v) is 4.79. The zero-order chi connectivity index (χ0) is 14.6. The van der Waals surface area contributed by atoms with Crippen LogP contribution in [-0.2, 0) is 15.6 Å². The highest BCUT2D eigenvalue weighted by atomic mass is 79.9. The minimum Gasteiger partial charge on any atom is -0.327 e. The molecule has 0 bridgehead atoms. The Morgan fingerprint density at radius 2 is 2.11 bits per heavy atom. The van der Waals surface area contributed by atoms with Crippen LogP contribution in [0.3, 0.4) is 0 Å². The largest absolute Gasteiger partial charge is 0.327 e. The van der Waals surface area contributed by atoms with E-state index in [0.717, 1.165) is 0 Å². The van der Waals surface area contributed by atoms with Crippen LogP contribution in [0.4, 0.5) is 5.69 Å². The molecule has 0 saturated heterocycles. The van der Waals surface area contributed by atoms with E-state index in [1.165, 1.54) is 12.1 Å². The average molecular weight is 351 g/mol. The summed E-state index contributed by atoms with van der Waals surface area (Å²) in [5, 5.41) is 10.9. The first-order valence-electron chi connectivity index (χ1n) is 5.64. The normalized spacial score (nSPS) is 13.2. The second kappa shape index (κ2) is 6.44. The van der Waals surface area contributed by atoms with Crippen LogP contribution in [0.5, 0.6) is 0 Å². The van der Waals surface area contributed by atoms with Crippen molar-refractivity contribution in [3.63, 3.8) is 0 Å². The van der Waals surface area contributed by atoms with Gasteiger partial charge < -0.3 is 5.73 Å². The molecule has 0 aliphatic rings. The number of nitrogens with zero attached hydrogens (tertiary/aromatic N) is 1. The number of nitro groups is 1. The lowest BCUT2D eigenvalue weighted by molar-refractivity contribution is -0.385. The summed E-state index contributed by atoms with van der Waals surface area (Å²) < 4.78 is 24.4. The van der Waals surface area contributed by atoms with Gasteiger partial charge in [0, 0.05) is 22.1 Å². The van der Waals surface area contributed by atoms with E-state index in [0.29, 0.717) is 10.9 Å². The quantitative estimate of drug-likeness (QED) is 0.624. The number of rotatable bonds is 6. The minimum atomic E-state index is -3.46. The van der Waals surface area contributed by atoms with Crippen molar-refractivity contribution in [3.05, 3.63) is 38.3 Å². The Kier molecular flexibility index (Phi) is 5.45. The maximum Gasteiger partial charge on any atom is 0.274 e. The maximum atomic E-state index is 11.9. The van der Waals surface area contributed by atoms with Gasteiger partial charge in [0.2, 0.25) is 0 Å². The molecule has 1 unspecified atom stereocenters. The van der Waals surface area contributed by atoms with E-state index in [-0.39, 0.29) is 22.8 Å². The first-order chi connectivity index (χ1) is 8.75. The fourth-order valence-electron chi connectivity index (χ4n) is 1.57. The SMILES string of the molecule is CCC(N)CS(=O)(=O)Cc1ccc(Br)cc1[N+](=O)[O-]. The van der Waals surface area contributed by atoms with Crippen molar-refractivity contribution in [3.8, 4) is 0 Å². The Bertz CT molecular complexity index is 574. The van der Waals surface area contributed by atoms with E-state index in [1.807, 2.05) is 0 Å². The molecule has 0 radical (unpaired) electrons. The number of hydrogen-bond acceptors (Lipinski definition) is 5. The van der Waals surface area contributed by atoms with Crippen molar-refractivity contribution < 1.29 is 13.3 Å². The lowest BCUT2D eigenvalue weighted by Crippen LogP contribution is -2.29. The molecule has 6 nitrogen and oxygen atoms in total. The molecule has 1 rings (SSSR count). The minimum absolute atomic E-state index is 0.170. The average Bonchev–Trinajstić information content (AvgIpc) is 2.30. The molecular weight excluding hydrogens is 336 g/mol. The van der Waals surface area contributed by atoms with Crippen LogP contribution in [0.25, 0.3) is 0 Å². The van der Waals surface area contributed by atoms with Crippen molar-refractivity contribution in [1.82, 2.24) is 0 Å². The topological polar surface area (TPSA) is 103 Å². The van der Waals surface area contributed by atoms with Crippen LogP contribution in [0.15, 0.2) is 22.7 Å². The van der Waals surface area contributed by atoms with E-state index in [9.17, 15) is 18.5 Å². The number of nitro benzene ring substituents is 1. The van der Waals surface area contributed by atoms with Crippen molar-refractivity contribution in [2.24, 2.45) is 5.73 Å². The summed E-state index contributed by atoms with van der Waals surface area (Å²) in [5.41, 5.74) is 5.59. The molecule has 1 aromatic carbocycles. The van der Waals surface area contributed by atoms with E-state index in [2.05, 4.69) is 15.9 Å². The Morgan fingerprint density at radius 3 is 2.63 bits per heavy atom. The molecule has 1 atom stereocenters. The number of benzene rings is 1.